The lowest BCUT2D eigenvalue weighted by Gasteiger charge is -2.06. The van der Waals surface area contributed by atoms with E-state index in [1.54, 1.807) is 18.2 Å². The van der Waals surface area contributed by atoms with E-state index >= 15 is 0 Å². The predicted molar refractivity (Wildman–Crippen MR) is 65.3 cm³/mol. The summed E-state index contributed by atoms with van der Waals surface area (Å²) >= 11 is 0. The molecule has 2 N–H and O–H groups in total. The van der Waals surface area contributed by atoms with Crippen LogP contribution >= 0.6 is 0 Å². The summed E-state index contributed by atoms with van der Waals surface area (Å²) in [6.45, 7) is 0.00633. The summed E-state index contributed by atoms with van der Waals surface area (Å²) in [5, 5.41) is 18.6. The molecular weight excluding hydrogens is 232 g/mol. The highest BCUT2D eigenvalue weighted by Gasteiger charge is 2.08. The van der Waals surface area contributed by atoms with Crippen LogP contribution in [0.1, 0.15) is 15.9 Å². The van der Waals surface area contributed by atoms with E-state index in [9.17, 15) is 9.90 Å². The van der Waals surface area contributed by atoms with Gasteiger partial charge in [-0.2, -0.15) is 0 Å². The van der Waals surface area contributed by atoms with Gasteiger partial charge in [-0.05, 0) is 30.3 Å². The number of hydrogen-bond acceptors (Lipinski definition) is 4. The van der Waals surface area contributed by atoms with Crippen molar-refractivity contribution in [2.75, 3.05) is 0 Å². The summed E-state index contributed by atoms with van der Waals surface area (Å²) in [5.41, 5.74) is 0.896. The van der Waals surface area contributed by atoms with Crippen molar-refractivity contribution in [1.82, 2.24) is 0 Å². The van der Waals surface area contributed by atoms with Gasteiger partial charge in [-0.25, -0.2) is 4.79 Å². The van der Waals surface area contributed by atoms with E-state index in [1.165, 1.54) is 30.3 Å². The summed E-state index contributed by atoms with van der Waals surface area (Å²) in [4.78, 5) is 11.7. The maximum atomic E-state index is 11.7. The first-order chi connectivity index (χ1) is 8.66. The highest BCUT2D eigenvalue weighted by molar-refractivity contribution is 5.89. The lowest BCUT2D eigenvalue weighted by atomic mass is 10.2. The number of hydrogen-bond donors (Lipinski definition) is 2. The van der Waals surface area contributed by atoms with Gasteiger partial charge < -0.3 is 14.9 Å². The van der Waals surface area contributed by atoms with Crippen LogP contribution in [-0.2, 0) is 11.3 Å². The van der Waals surface area contributed by atoms with Gasteiger partial charge in [0.25, 0.3) is 0 Å². The van der Waals surface area contributed by atoms with Gasteiger partial charge in [0.05, 0.1) is 5.56 Å². The molecule has 0 amide bonds. The van der Waals surface area contributed by atoms with Gasteiger partial charge in [-0.1, -0.05) is 18.2 Å². The molecule has 2 aromatic carbocycles. The first-order valence-corrected chi connectivity index (χ1v) is 5.40. The van der Waals surface area contributed by atoms with Crippen molar-refractivity contribution < 1.29 is 19.7 Å². The number of carbonyl (C=O) groups is 1. The Morgan fingerprint density at radius 3 is 2.33 bits per heavy atom. The molecular formula is C14H12O4. The quantitative estimate of drug-likeness (QED) is 0.814. The minimum absolute atomic E-state index is 0.00633. The Bertz CT molecular complexity index is 546. The standard InChI is InChI=1S/C14H12O4/c15-12-7-5-10(6-8-12)14(17)18-9-11-3-1-2-4-13(11)16/h1-8,15-16H,9H2. The van der Waals surface area contributed by atoms with Crippen molar-refractivity contribution in [2.45, 2.75) is 6.61 Å². The number of rotatable bonds is 3. The van der Waals surface area contributed by atoms with Crippen LogP contribution in [-0.4, -0.2) is 16.2 Å². The third-order valence-corrected chi connectivity index (χ3v) is 2.45. The van der Waals surface area contributed by atoms with Crippen LogP contribution < -0.4 is 0 Å². The second kappa shape index (κ2) is 5.23. The fraction of sp³-hybridized carbons (Fsp3) is 0.0714. The van der Waals surface area contributed by atoms with Crippen LogP contribution in [0.3, 0.4) is 0 Å². The van der Waals surface area contributed by atoms with E-state index in [2.05, 4.69) is 0 Å². The molecule has 4 nitrogen and oxygen atoms in total. The Kier molecular flexibility index (Phi) is 3.48. The highest BCUT2D eigenvalue weighted by atomic mass is 16.5. The van der Waals surface area contributed by atoms with Gasteiger partial charge >= 0.3 is 5.97 Å². The summed E-state index contributed by atoms with van der Waals surface area (Å²) in [6.07, 6.45) is 0. The highest BCUT2D eigenvalue weighted by Crippen LogP contribution is 2.17. The smallest absolute Gasteiger partial charge is 0.338 e. The Balaban J connectivity index is 2.01. The number of benzene rings is 2. The number of phenolic OH excluding ortho intramolecular Hbond substituents is 2. The third kappa shape index (κ3) is 2.79. The molecule has 0 unspecified atom stereocenters. The van der Waals surface area contributed by atoms with Crippen LogP contribution in [0.4, 0.5) is 0 Å². The Morgan fingerprint density at radius 1 is 1.00 bits per heavy atom. The zero-order valence-corrected chi connectivity index (χ0v) is 9.54. The zero-order chi connectivity index (χ0) is 13.0. The van der Waals surface area contributed by atoms with E-state index in [0.29, 0.717) is 11.1 Å². The van der Waals surface area contributed by atoms with Crippen LogP contribution in [0.15, 0.2) is 48.5 Å². The topological polar surface area (TPSA) is 66.8 Å². The maximum Gasteiger partial charge on any atom is 0.338 e. The van der Waals surface area contributed by atoms with E-state index in [4.69, 9.17) is 9.84 Å². The summed E-state index contributed by atoms with van der Waals surface area (Å²) in [6, 6.07) is 12.4. The van der Waals surface area contributed by atoms with Gasteiger partial charge in [0.2, 0.25) is 0 Å². The number of aromatic hydroxyl groups is 2. The molecule has 92 valence electrons. The van der Waals surface area contributed by atoms with E-state index in [0.717, 1.165) is 0 Å². The number of para-hydroxylation sites is 1. The van der Waals surface area contributed by atoms with Gasteiger partial charge in [0.1, 0.15) is 18.1 Å². The molecule has 0 heterocycles. The lowest BCUT2D eigenvalue weighted by Crippen LogP contribution is -2.05. The molecule has 0 aliphatic heterocycles. The Hall–Kier alpha value is -2.49. The molecule has 0 bridgehead atoms. The van der Waals surface area contributed by atoms with Crippen molar-refractivity contribution in [3.05, 3.63) is 59.7 Å². The van der Waals surface area contributed by atoms with Gasteiger partial charge in [-0.3, -0.25) is 0 Å². The van der Waals surface area contributed by atoms with Crippen molar-refractivity contribution in [1.29, 1.82) is 0 Å². The van der Waals surface area contributed by atoms with Crippen molar-refractivity contribution in [2.24, 2.45) is 0 Å². The van der Waals surface area contributed by atoms with Gasteiger partial charge in [0.15, 0.2) is 0 Å². The van der Waals surface area contributed by atoms with Crippen LogP contribution in [0.2, 0.25) is 0 Å². The van der Waals surface area contributed by atoms with Crippen molar-refractivity contribution >= 4 is 5.97 Å². The van der Waals surface area contributed by atoms with E-state index in [-0.39, 0.29) is 18.1 Å². The second-order valence-electron chi connectivity index (χ2n) is 3.75. The monoisotopic (exact) mass is 244 g/mol. The number of ether oxygens (including phenoxy) is 1. The Labute approximate surface area is 104 Å². The molecule has 0 spiro atoms. The maximum absolute atomic E-state index is 11.7. The summed E-state index contributed by atoms with van der Waals surface area (Å²) < 4.78 is 5.05. The molecule has 2 rings (SSSR count). The molecule has 0 aliphatic carbocycles. The molecule has 0 fully saturated rings. The van der Waals surface area contributed by atoms with E-state index < -0.39 is 5.97 Å². The first kappa shape index (κ1) is 12.0. The molecule has 0 saturated carbocycles. The third-order valence-electron chi connectivity index (χ3n) is 2.45. The van der Waals surface area contributed by atoms with Crippen LogP contribution in [0, 0.1) is 0 Å². The number of phenols is 2. The SMILES string of the molecule is O=C(OCc1ccccc1O)c1ccc(O)cc1. The zero-order valence-electron chi connectivity index (χ0n) is 9.54. The van der Waals surface area contributed by atoms with Crippen LogP contribution in [0.25, 0.3) is 0 Å². The number of esters is 1. The van der Waals surface area contributed by atoms with Crippen LogP contribution in [0.5, 0.6) is 11.5 Å². The average Bonchev–Trinajstić information content (AvgIpc) is 2.38. The molecule has 0 radical (unpaired) electrons. The predicted octanol–water partition coefficient (Wildman–Crippen LogP) is 2.45. The van der Waals surface area contributed by atoms with Crippen molar-refractivity contribution in [3.63, 3.8) is 0 Å². The number of carbonyl (C=O) groups excluding carboxylic acids is 1. The normalized spacial score (nSPS) is 10.0. The molecule has 0 aliphatic rings. The summed E-state index contributed by atoms with van der Waals surface area (Å²) in [5.74, 6) is -0.318. The van der Waals surface area contributed by atoms with E-state index in [1.807, 2.05) is 0 Å². The molecule has 18 heavy (non-hydrogen) atoms. The van der Waals surface area contributed by atoms with Crippen molar-refractivity contribution in [3.8, 4) is 11.5 Å². The molecule has 4 heteroatoms. The van der Waals surface area contributed by atoms with Gasteiger partial charge in [0, 0.05) is 5.56 Å². The second-order valence-corrected chi connectivity index (χ2v) is 3.75. The molecule has 0 saturated heterocycles. The fourth-order valence-electron chi connectivity index (χ4n) is 1.46. The lowest BCUT2D eigenvalue weighted by molar-refractivity contribution is 0.0470. The summed E-state index contributed by atoms with van der Waals surface area (Å²) in [7, 11) is 0. The molecule has 0 aromatic heterocycles. The fourth-order valence-corrected chi connectivity index (χ4v) is 1.46. The molecule has 2 aromatic rings. The minimum atomic E-state index is -0.502. The molecule has 0 atom stereocenters. The minimum Gasteiger partial charge on any atom is -0.508 e. The average molecular weight is 244 g/mol. The Morgan fingerprint density at radius 2 is 1.67 bits per heavy atom. The van der Waals surface area contributed by atoms with Gasteiger partial charge in [-0.15, -0.1) is 0 Å². The largest absolute Gasteiger partial charge is 0.508 e. The first-order valence-electron chi connectivity index (χ1n) is 5.40.